The first-order chi connectivity index (χ1) is 9.20. The highest BCUT2D eigenvalue weighted by atomic mass is 35.5. The van der Waals surface area contributed by atoms with Crippen LogP contribution in [0.25, 0.3) is 0 Å². The van der Waals surface area contributed by atoms with E-state index < -0.39 is 0 Å². The molecule has 19 heavy (non-hydrogen) atoms. The molecule has 1 aliphatic rings. The third kappa shape index (κ3) is 4.25. The van der Waals surface area contributed by atoms with Gasteiger partial charge in [0.15, 0.2) is 5.75 Å². The van der Waals surface area contributed by atoms with Crippen LogP contribution in [0.5, 0.6) is 5.75 Å². The molecule has 2 rings (SSSR count). The van der Waals surface area contributed by atoms with E-state index in [0.717, 1.165) is 38.1 Å². The first-order valence-electron chi connectivity index (χ1n) is 6.63. The zero-order chi connectivity index (χ0) is 13.7. The van der Waals surface area contributed by atoms with Gasteiger partial charge in [0, 0.05) is 19.7 Å². The van der Waals surface area contributed by atoms with Crippen LogP contribution in [0, 0.1) is 0 Å². The van der Waals surface area contributed by atoms with Crippen molar-refractivity contribution < 1.29 is 9.47 Å². The highest BCUT2D eigenvalue weighted by Crippen LogP contribution is 2.34. The molecule has 0 aromatic heterocycles. The highest BCUT2D eigenvalue weighted by molar-refractivity contribution is 6.37. The fourth-order valence-electron chi connectivity index (χ4n) is 2.18. The number of hydrogen-bond acceptors (Lipinski definition) is 3. The van der Waals surface area contributed by atoms with Gasteiger partial charge < -0.3 is 14.8 Å². The van der Waals surface area contributed by atoms with E-state index in [9.17, 15) is 0 Å². The Labute approximate surface area is 124 Å². The van der Waals surface area contributed by atoms with Gasteiger partial charge in [-0.2, -0.15) is 0 Å². The van der Waals surface area contributed by atoms with Crippen molar-refractivity contribution in [1.29, 1.82) is 0 Å². The third-order valence-corrected chi connectivity index (χ3v) is 3.63. The second kappa shape index (κ2) is 7.34. The van der Waals surface area contributed by atoms with E-state index in [0.29, 0.717) is 28.5 Å². The quantitative estimate of drug-likeness (QED) is 0.870. The molecule has 1 saturated heterocycles. The Morgan fingerprint density at radius 2 is 2.11 bits per heavy atom. The smallest absolute Gasteiger partial charge is 0.156 e. The number of rotatable bonds is 6. The van der Waals surface area contributed by atoms with Gasteiger partial charge in [-0.05, 0) is 37.5 Å². The number of benzene rings is 1. The summed E-state index contributed by atoms with van der Waals surface area (Å²) < 4.78 is 11.0. The molecule has 1 unspecified atom stereocenters. The maximum Gasteiger partial charge on any atom is 0.156 e. The first kappa shape index (κ1) is 14.9. The Bertz CT molecular complexity index is 397. The van der Waals surface area contributed by atoms with Gasteiger partial charge >= 0.3 is 0 Å². The van der Waals surface area contributed by atoms with Crippen LogP contribution in [0.2, 0.25) is 10.0 Å². The lowest BCUT2D eigenvalue weighted by Crippen LogP contribution is -2.25. The van der Waals surface area contributed by atoms with Crippen LogP contribution in [0.3, 0.4) is 0 Å². The Hall–Kier alpha value is -0.480. The predicted molar refractivity (Wildman–Crippen MR) is 78.3 cm³/mol. The van der Waals surface area contributed by atoms with Crippen molar-refractivity contribution in [3.8, 4) is 5.75 Å². The zero-order valence-electron chi connectivity index (χ0n) is 11.0. The molecule has 0 spiro atoms. The highest BCUT2D eigenvalue weighted by Gasteiger charge is 2.15. The molecular formula is C14H19Cl2NO2. The lowest BCUT2D eigenvalue weighted by atomic mass is 10.2. The minimum absolute atomic E-state index is 0.341. The van der Waals surface area contributed by atoms with Crippen molar-refractivity contribution in [3.63, 3.8) is 0 Å². The van der Waals surface area contributed by atoms with Crippen LogP contribution in [0.4, 0.5) is 0 Å². The third-order valence-electron chi connectivity index (χ3n) is 3.07. The predicted octanol–water partition coefficient (Wildman–Crippen LogP) is 3.66. The van der Waals surface area contributed by atoms with Gasteiger partial charge in [0.2, 0.25) is 0 Å². The van der Waals surface area contributed by atoms with Crippen LogP contribution >= 0.6 is 23.2 Å². The van der Waals surface area contributed by atoms with Gasteiger partial charge in [0.1, 0.15) is 0 Å². The molecular weight excluding hydrogens is 285 g/mol. The molecule has 106 valence electrons. The molecule has 3 nitrogen and oxygen atoms in total. The SMILES string of the molecule is CCOc1c(Cl)cc(CNCC2CCCO2)cc1Cl. The van der Waals surface area contributed by atoms with Crippen LogP contribution in [0.15, 0.2) is 12.1 Å². The molecule has 0 saturated carbocycles. The molecule has 1 aliphatic heterocycles. The Balaban J connectivity index is 1.89. The molecule has 1 fully saturated rings. The summed E-state index contributed by atoms with van der Waals surface area (Å²) in [5.41, 5.74) is 1.05. The monoisotopic (exact) mass is 303 g/mol. The van der Waals surface area contributed by atoms with Gasteiger partial charge in [-0.25, -0.2) is 0 Å². The van der Waals surface area contributed by atoms with E-state index in [2.05, 4.69) is 5.32 Å². The number of nitrogens with one attached hydrogen (secondary N) is 1. The molecule has 1 aromatic carbocycles. The number of ether oxygens (including phenoxy) is 2. The summed E-state index contributed by atoms with van der Waals surface area (Å²) in [6.45, 7) is 4.93. The summed E-state index contributed by atoms with van der Waals surface area (Å²) in [5, 5.41) is 4.48. The van der Waals surface area contributed by atoms with E-state index in [1.165, 1.54) is 0 Å². The van der Waals surface area contributed by atoms with E-state index in [1.807, 2.05) is 19.1 Å². The molecule has 1 aromatic rings. The normalized spacial score (nSPS) is 18.8. The largest absolute Gasteiger partial charge is 0.491 e. The van der Waals surface area contributed by atoms with Crippen molar-refractivity contribution in [1.82, 2.24) is 5.32 Å². The molecule has 1 N–H and O–H groups in total. The molecule has 0 aliphatic carbocycles. The summed E-state index contributed by atoms with van der Waals surface area (Å²) in [4.78, 5) is 0. The minimum Gasteiger partial charge on any atom is -0.491 e. The summed E-state index contributed by atoms with van der Waals surface area (Å²) in [7, 11) is 0. The standard InChI is InChI=1S/C14H19Cl2NO2/c1-2-18-14-12(15)6-10(7-13(14)16)8-17-9-11-4-3-5-19-11/h6-7,11,17H,2-5,8-9H2,1H3. The molecule has 1 atom stereocenters. The van der Waals surface area contributed by atoms with Gasteiger partial charge in [0.25, 0.3) is 0 Å². The van der Waals surface area contributed by atoms with Crippen molar-refractivity contribution in [3.05, 3.63) is 27.7 Å². The average Bonchev–Trinajstić information content (AvgIpc) is 2.87. The van der Waals surface area contributed by atoms with E-state index in [-0.39, 0.29) is 0 Å². The van der Waals surface area contributed by atoms with Crippen LogP contribution in [-0.2, 0) is 11.3 Å². The van der Waals surface area contributed by atoms with Gasteiger partial charge in [-0.3, -0.25) is 0 Å². The second-order valence-electron chi connectivity index (χ2n) is 4.59. The molecule has 1 heterocycles. The summed E-state index contributed by atoms with van der Waals surface area (Å²) in [6, 6.07) is 3.78. The Kier molecular flexibility index (Phi) is 5.76. The van der Waals surface area contributed by atoms with Crippen LogP contribution in [0.1, 0.15) is 25.3 Å². The molecule has 0 bridgehead atoms. The van der Waals surface area contributed by atoms with E-state index >= 15 is 0 Å². The van der Waals surface area contributed by atoms with Crippen molar-refractivity contribution >= 4 is 23.2 Å². The fraction of sp³-hybridized carbons (Fsp3) is 0.571. The van der Waals surface area contributed by atoms with E-state index in [4.69, 9.17) is 32.7 Å². The van der Waals surface area contributed by atoms with Crippen molar-refractivity contribution in [2.45, 2.75) is 32.4 Å². The Morgan fingerprint density at radius 3 is 2.68 bits per heavy atom. The molecule has 0 radical (unpaired) electrons. The summed E-state index contributed by atoms with van der Waals surface area (Å²) in [5.74, 6) is 0.564. The topological polar surface area (TPSA) is 30.5 Å². The lowest BCUT2D eigenvalue weighted by molar-refractivity contribution is 0.110. The van der Waals surface area contributed by atoms with E-state index in [1.54, 1.807) is 0 Å². The van der Waals surface area contributed by atoms with Crippen LogP contribution < -0.4 is 10.1 Å². The summed E-state index contributed by atoms with van der Waals surface area (Å²) in [6.07, 6.45) is 2.64. The first-order valence-corrected chi connectivity index (χ1v) is 7.39. The average molecular weight is 304 g/mol. The molecule has 0 amide bonds. The minimum atomic E-state index is 0.341. The number of hydrogen-bond donors (Lipinski definition) is 1. The van der Waals surface area contributed by atoms with Crippen molar-refractivity contribution in [2.24, 2.45) is 0 Å². The van der Waals surface area contributed by atoms with Gasteiger partial charge in [-0.15, -0.1) is 0 Å². The Morgan fingerprint density at radius 1 is 1.37 bits per heavy atom. The zero-order valence-corrected chi connectivity index (χ0v) is 12.6. The maximum absolute atomic E-state index is 6.16. The number of halogens is 2. The molecule has 5 heteroatoms. The van der Waals surface area contributed by atoms with Crippen LogP contribution in [-0.4, -0.2) is 25.9 Å². The summed E-state index contributed by atoms with van der Waals surface area (Å²) >= 11 is 12.3. The second-order valence-corrected chi connectivity index (χ2v) is 5.40. The van der Waals surface area contributed by atoms with Gasteiger partial charge in [-0.1, -0.05) is 23.2 Å². The van der Waals surface area contributed by atoms with Gasteiger partial charge in [0.05, 0.1) is 22.8 Å². The lowest BCUT2D eigenvalue weighted by Gasteiger charge is -2.13. The van der Waals surface area contributed by atoms with Crippen molar-refractivity contribution in [2.75, 3.05) is 19.8 Å². The fourth-order valence-corrected chi connectivity index (χ4v) is 2.82. The maximum atomic E-state index is 6.16.